The number of nitrogens with one attached hydrogen (secondary N) is 1. The second-order valence-corrected chi connectivity index (χ2v) is 5.45. The van der Waals surface area contributed by atoms with Crippen LogP contribution in [0, 0.1) is 18.8 Å². The van der Waals surface area contributed by atoms with Crippen LogP contribution in [0.2, 0.25) is 0 Å². The number of benzene rings is 1. The van der Waals surface area contributed by atoms with Gasteiger partial charge < -0.3 is 0 Å². The fourth-order valence-corrected chi connectivity index (χ4v) is 2.16. The second-order valence-electron chi connectivity index (χ2n) is 3.12. The van der Waals surface area contributed by atoms with E-state index < -0.39 is 10.0 Å². The number of aryl methyl sites for hydroxylation is 1. The van der Waals surface area contributed by atoms with Gasteiger partial charge in [0.1, 0.15) is 0 Å². The maximum absolute atomic E-state index is 11.7. The molecule has 16 heavy (non-hydrogen) atoms. The molecule has 0 aliphatic heterocycles. The Morgan fingerprint density at radius 2 is 1.88 bits per heavy atom. The molecule has 0 unspecified atom stereocenters. The molecule has 0 saturated carbocycles. The van der Waals surface area contributed by atoms with E-state index in [2.05, 4.69) is 32.5 Å². The van der Waals surface area contributed by atoms with Crippen LogP contribution in [-0.4, -0.2) is 20.3 Å². The minimum atomic E-state index is -3.43. The lowest BCUT2D eigenvalue weighted by molar-refractivity contribution is 0.586. The van der Waals surface area contributed by atoms with E-state index in [0.717, 1.165) is 5.56 Å². The van der Waals surface area contributed by atoms with Gasteiger partial charge in [0.15, 0.2) is 0 Å². The largest absolute Gasteiger partial charge is 0.241 e. The maximum Gasteiger partial charge on any atom is 0.241 e. The summed E-state index contributed by atoms with van der Waals surface area (Å²) in [5.41, 5.74) is 1.03. The first kappa shape index (κ1) is 13.2. The Balaban J connectivity index is 2.74. The Bertz CT molecular complexity index is 497. The lowest BCUT2D eigenvalue weighted by Gasteiger charge is -2.03. The first-order valence-electron chi connectivity index (χ1n) is 4.64. The van der Waals surface area contributed by atoms with Gasteiger partial charge in [0.25, 0.3) is 0 Å². The Morgan fingerprint density at radius 3 is 2.44 bits per heavy atom. The number of hydrogen-bond acceptors (Lipinski definition) is 2. The van der Waals surface area contributed by atoms with E-state index in [1.165, 1.54) is 0 Å². The van der Waals surface area contributed by atoms with Crippen molar-refractivity contribution in [1.82, 2.24) is 4.72 Å². The molecule has 1 aromatic rings. The summed E-state index contributed by atoms with van der Waals surface area (Å²) < 4.78 is 25.8. The zero-order valence-electron chi connectivity index (χ0n) is 8.83. The first-order chi connectivity index (χ1) is 7.56. The molecule has 0 saturated heterocycles. The molecule has 0 amide bonds. The van der Waals surface area contributed by atoms with E-state index in [4.69, 9.17) is 0 Å². The SMILES string of the molecule is Cc1ccc(S(=O)(=O)NCC#CCBr)cc1. The summed E-state index contributed by atoms with van der Waals surface area (Å²) in [6.45, 7) is 2.03. The number of rotatable bonds is 3. The van der Waals surface area contributed by atoms with Gasteiger partial charge in [-0.2, -0.15) is 4.72 Å². The van der Waals surface area contributed by atoms with Gasteiger partial charge in [-0.05, 0) is 19.1 Å². The van der Waals surface area contributed by atoms with E-state index in [9.17, 15) is 8.42 Å². The van der Waals surface area contributed by atoms with Crippen molar-refractivity contribution < 1.29 is 8.42 Å². The van der Waals surface area contributed by atoms with Crippen molar-refractivity contribution >= 4 is 26.0 Å². The van der Waals surface area contributed by atoms with Crippen LogP contribution in [-0.2, 0) is 10.0 Å². The van der Waals surface area contributed by atoms with Gasteiger partial charge in [-0.1, -0.05) is 45.5 Å². The Hall–Kier alpha value is -0.830. The van der Waals surface area contributed by atoms with Crippen LogP contribution >= 0.6 is 15.9 Å². The molecule has 0 aromatic heterocycles. The van der Waals surface area contributed by atoms with E-state index in [1.807, 2.05) is 6.92 Å². The van der Waals surface area contributed by atoms with Gasteiger partial charge in [-0.3, -0.25) is 0 Å². The highest BCUT2D eigenvalue weighted by Gasteiger charge is 2.11. The predicted molar refractivity (Wildman–Crippen MR) is 67.9 cm³/mol. The van der Waals surface area contributed by atoms with E-state index >= 15 is 0 Å². The summed E-state index contributed by atoms with van der Waals surface area (Å²) in [5.74, 6) is 5.41. The monoisotopic (exact) mass is 301 g/mol. The smallest absolute Gasteiger partial charge is 0.207 e. The Morgan fingerprint density at radius 1 is 1.25 bits per heavy atom. The normalized spacial score (nSPS) is 10.6. The average molecular weight is 302 g/mol. The molecule has 0 aliphatic rings. The van der Waals surface area contributed by atoms with Gasteiger partial charge in [0.2, 0.25) is 10.0 Å². The number of sulfonamides is 1. The third-order valence-corrected chi connectivity index (χ3v) is 3.57. The molecule has 86 valence electrons. The highest BCUT2D eigenvalue weighted by Crippen LogP contribution is 2.09. The highest BCUT2D eigenvalue weighted by atomic mass is 79.9. The van der Waals surface area contributed by atoms with Crippen molar-refractivity contribution in [2.75, 3.05) is 11.9 Å². The number of hydrogen-bond donors (Lipinski definition) is 1. The van der Waals surface area contributed by atoms with Crippen LogP contribution in [0.15, 0.2) is 29.2 Å². The molecule has 0 spiro atoms. The van der Waals surface area contributed by atoms with Crippen LogP contribution in [0.1, 0.15) is 5.56 Å². The maximum atomic E-state index is 11.7. The quantitative estimate of drug-likeness (QED) is 0.682. The van der Waals surface area contributed by atoms with Crippen molar-refractivity contribution in [2.24, 2.45) is 0 Å². The van der Waals surface area contributed by atoms with Gasteiger partial charge >= 0.3 is 0 Å². The van der Waals surface area contributed by atoms with Gasteiger partial charge in [0.05, 0.1) is 16.8 Å². The minimum absolute atomic E-state index is 0.127. The minimum Gasteiger partial charge on any atom is -0.207 e. The molecule has 0 bridgehead atoms. The van der Waals surface area contributed by atoms with Crippen LogP contribution in [0.4, 0.5) is 0 Å². The van der Waals surface area contributed by atoms with Gasteiger partial charge in [-0.25, -0.2) is 8.42 Å². The van der Waals surface area contributed by atoms with Crippen molar-refractivity contribution in [3.05, 3.63) is 29.8 Å². The fourth-order valence-electron chi connectivity index (χ4n) is 1.04. The third-order valence-electron chi connectivity index (χ3n) is 1.87. The standard InChI is InChI=1S/C11H12BrNO2S/c1-10-4-6-11(7-5-10)16(14,15)13-9-3-2-8-12/h4-7,13H,8-9H2,1H3. The lowest BCUT2D eigenvalue weighted by Crippen LogP contribution is -2.23. The van der Waals surface area contributed by atoms with Crippen LogP contribution in [0.3, 0.4) is 0 Å². The molecule has 0 heterocycles. The van der Waals surface area contributed by atoms with Crippen molar-refractivity contribution in [3.8, 4) is 11.8 Å². The molecular formula is C11H12BrNO2S. The Labute approximate surface area is 104 Å². The third kappa shape index (κ3) is 3.97. The summed E-state index contributed by atoms with van der Waals surface area (Å²) in [4.78, 5) is 0.263. The molecule has 3 nitrogen and oxygen atoms in total. The molecule has 1 rings (SSSR count). The molecule has 1 N–H and O–H groups in total. The van der Waals surface area contributed by atoms with Crippen LogP contribution in [0.25, 0.3) is 0 Å². The first-order valence-corrected chi connectivity index (χ1v) is 7.25. The highest BCUT2D eigenvalue weighted by molar-refractivity contribution is 9.09. The second kappa shape index (κ2) is 6.04. The van der Waals surface area contributed by atoms with Crippen molar-refractivity contribution in [3.63, 3.8) is 0 Å². The van der Waals surface area contributed by atoms with Gasteiger partial charge in [-0.15, -0.1) is 0 Å². The number of halogens is 1. The predicted octanol–water partition coefficient (Wildman–Crippen LogP) is 1.67. The summed E-state index contributed by atoms with van der Waals surface area (Å²) in [5, 5.41) is 0.541. The van der Waals surface area contributed by atoms with E-state index in [1.54, 1.807) is 24.3 Å². The summed E-state index contributed by atoms with van der Waals surface area (Å²) in [6.07, 6.45) is 0. The average Bonchev–Trinajstić information content (AvgIpc) is 2.25. The summed E-state index contributed by atoms with van der Waals surface area (Å²) in [6, 6.07) is 6.68. The topological polar surface area (TPSA) is 46.2 Å². The lowest BCUT2D eigenvalue weighted by atomic mass is 10.2. The molecule has 0 fully saturated rings. The molecule has 5 heteroatoms. The molecular weight excluding hydrogens is 290 g/mol. The zero-order chi connectivity index (χ0) is 12.0. The Kier molecular flexibility index (Phi) is 5.00. The molecule has 0 atom stereocenters. The van der Waals surface area contributed by atoms with E-state index in [-0.39, 0.29) is 11.4 Å². The molecule has 0 radical (unpaired) electrons. The molecule has 0 aliphatic carbocycles. The fraction of sp³-hybridized carbons (Fsp3) is 0.273. The zero-order valence-corrected chi connectivity index (χ0v) is 11.2. The van der Waals surface area contributed by atoms with Crippen LogP contribution in [0.5, 0.6) is 0 Å². The number of alkyl halides is 1. The van der Waals surface area contributed by atoms with Crippen molar-refractivity contribution in [1.29, 1.82) is 0 Å². The molecule has 1 aromatic carbocycles. The van der Waals surface area contributed by atoms with E-state index in [0.29, 0.717) is 5.33 Å². The summed E-state index contributed by atoms with van der Waals surface area (Å²) in [7, 11) is -3.43. The van der Waals surface area contributed by atoms with Crippen LogP contribution < -0.4 is 4.72 Å². The van der Waals surface area contributed by atoms with Gasteiger partial charge in [0, 0.05) is 0 Å². The summed E-state index contributed by atoms with van der Waals surface area (Å²) >= 11 is 3.13. The van der Waals surface area contributed by atoms with Crippen molar-refractivity contribution in [2.45, 2.75) is 11.8 Å².